The van der Waals surface area contributed by atoms with Crippen LogP contribution < -0.4 is 11.2 Å². The smallest absolute Gasteiger partial charge is 0.310 e. The summed E-state index contributed by atoms with van der Waals surface area (Å²) < 4.78 is 0. The molecule has 0 radical (unpaired) electrons. The Morgan fingerprint density at radius 2 is 1.88 bits per heavy atom. The molecule has 1 fully saturated rings. The largest absolute Gasteiger partial charge is 0.481 e. The van der Waals surface area contributed by atoms with Crippen LogP contribution in [0.3, 0.4) is 0 Å². The van der Waals surface area contributed by atoms with Crippen LogP contribution in [0.25, 0.3) is 0 Å². The van der Waals surface area contributed by atoms with Crippen LogP contribution in [0.1, 0.15) is 32.1 Å². The van der Waals surface area contributed by atoms with Gasteiger partial charge in [-0.1, -0.05) is 12.8 Å². The molecule has 0 bridgehead atoms. The zero-order valence-corrected chi connectivity index (χ0v) is 9.40. The lowest BCUT2D eigenvalue weighted by atomic mass is 9.82. The molecule has 0 heterocycles. The summed E-state index contributed by atoms with van der Waals surface area (Å²) in [5.41, 5.74) is 5.84. The van der Waals surface area contributed by atoms with E-state index in [0.29, 0.717) is 12.8 Å². The van der Waals surface area contributed by atoms with Crippen molar-refractivity contribution in [3.63, 3.8) is 0 Å². The highest BCUT2D eigenvalue weighted by molar-refractivity contribution is 5.84. The lowest BCUT2D eigenvalue weighted by Crippen LogP contribution is -2.37. The Bertz CT molecular complexity index is 323. The molecule has 7 heteroatoms. The van der Waals surface area contributed by atoms with Gasteiger partial charge >= 0.3 is 5.97 Å². The topological polar surface area (TPSA) is 119 Å². The summed E-state index contributed by atoms with van der Waals surface area (Å²) in [4.78, 5) is 37.5. The van der Waals surface area contributed by atoms with Gasteiger partial charge in [0.1, 0.15) is 0 Å². The number of carboxylic acid groups (broad SMARTS) is 1. The van der Waals surface area contributed by atoms with E-state index in [0.717, 1.165) is 12.8 Å². The normalized spacial score (nSPS) is 17.6. The van der Waals surface area contributed by atoms with Crippen molar-refractivity contribution >= 4 is 17.8 Å². The third-order valence-corrected chi connectivity index (χ3v) is 2.91. The average Bonchev–Trinajstić information content (AvgIpc) is 2.66. The molecule has 1 rings (SSSR count). The zero-order chi connectivity index (χ0) is 12.9. The number of hydrogen-bond donors (Lipinski definition) is 3. The summed E-state index contributed by atoms with van der Waals surface area (Å²) in [6, 6.07) is 0. The molecule has 0 aliphatic heterocycles. The first kappa shape index (κ1) is 13.4. The quantitative estimate of drug-likeness (QED) is 0.547. The summed E-state index contributed by atoms with van der Waals surface area (Å²) in [7, 11) is 0. The van der Waals surface area contributed by atoms with Crippen molar-refractivity contribution in [3.05, 3.63) is 0 Å². The first-order valence-corrected chi connectivity index (χ1v) is 5.39. The van der Waals surface area contributed by atoms with E-state index in [1.165, 1.54) is 0 Å². The minimum atomic E-state index is -0.986. The molecule has 4 N–H and O–H groups in total. The third-order valence-electron chi connectivity index (χ3n) is 2.91. The minimum absolute atomic E-state index is 0.138. The summed E-state index contributed by atoms with van der Waals surface area (Å²) >= 11 is 0. The Balaban J connectivity index is 2.43. The molecule has 0 aromatic heterocycles. The maximum Gasteiger partial charge on any atom is 0.310 e. The number of hydrogen-bond acceptors (Lipinski definition) is 4. The molecule has 0 aromatic carbocycles. The highest BCUT2D eigenvalue weighted by Gasteiger charge is 2.43. The molecule has 0 spiro atoms. The van der Waals surface area contributed by atoms with Gasteiger partial charge in [0.05, 0.1) is 5.41 Å². The number of carboxylic acids is 1. The molecule has 96 valence electrons. The molecular weight excluding hydrogens is 228 g/mol. The summed E-state index contributed by atoms with van der Waals surface area (Å²) in [6.07, 6.45) is 2.46. The van der Waals surface area contributed by atoms with Crippen LogP contribution in [-0.4, -0.2) is 29.5 Å². The van der Waals surface area contributed by atoms with E-state index in [1.807, 2.05) is 5.48 Å². The average molecular weight is 244 g/mol. The number of rotatable bonds is 6. The lowest BCUT2D eigenvalue weighted by Gasteiger charge is -2.22. The van der Waals surface area contributed by atoms with E-state index in [-0.39, 0.29) is 6.42 Å². The Labute approximate surface area is 98.3 Å². The fourth-order valence-corrected chi connectivity index (χ4v) is 2.05. The van der Waals surface area contributed by atoms with Crippen molar-refractivity contribution < 1.29 is 24.3 Å². The first-order valence-electron chi connectivity index (χ1n) is 5.39. The standard InChI is InChI=1S/C10H16N2O5/c11-7(13)6-17-12-8(14)5-10(9(15)16)3-1-2-4-10/h1-6H2,(H2,11,13)(H,12,14)(H,15,16). The van der Waals surface area contributed by atoms with Gasteiger partial charge in [-0.2, -0.15) is 0 Å². The fraction of sp³-hybridized carbons (Fsp3) is 0.700. The van der Waals surface area contributed by atoms with Crippen molar-refractivity contribution in [2.75, 3.05) is 6.61 Å². The van der Waals surface area contributed by atoms with E-state index in [4.69, 9.17) is 10.8 Å². The Morgan fingerprint density at radius 1 is 1.29 bits per heavy atom. The van der Waals surface area contributed by atoms with Crippen molar-refractivity contribution in [1.82, 2.24) is 5.48 Å². The molecule has 0 unspecified atom stereocenters. The Kier molecular flexibility index (Phi) is 4.45. The van der Waals surface area contributed by atoms with Crippen molar-refractivity contribution in [1.29, 1.82) is 0 Å². The number of aliphatic carboxylic acids is 1. The molecule has 17 heavy (non-hydrogen) atoms. The van der Waals surface area contributed by atoms with Crippen molar-refractivity contribution in [2.24, 2.45) is 11.1 Å². The molecule has 0 atom stereocenters. The second-order valence-electron chi connectivity index (χ2n) is 4.25. The Morgan fingerprint density at radius 3 is 2.35 bits per heavy atom. The van der Waals surface area contributed by atoms with Crippen molar-refractivity contribution in [3.8, 4) is 0 Å². The predicted octanol–water partition coefficient (Wildman–Crippen LogP) is -0.445. The molecule has 2 amide bonds. The number of primary amides is 1. The van der Waals surface area contributed by atoms with Gasteiger partial charge in [-0.25, -0.2) is 5.48 Å². The molecule has 1 aliphatic rings. The van der Waals surface area contributed by atoms with Crippen LogP contribution >= 0.6 is 0 Å². The Hall–Kier alpha value is -1.63. The molecule has 0 aromatic rings. The number of hydroxylamine groups is 1. The van der Waals surface area contributed by atoms with E-state index in [1.54, 1.807) is 0 Å². The fourth-order valence-electron chi connectivity index (χ4n) is 2.05. The van der Waals surface area contributed by atoms with Gasteiger partial charge in [0.25, 0.3) is 0 Å². The molecule has 1 saturated carbocycles. The zero-order valence-electron chi connectivity index (χ0n) is 9.40. The highest BCUT2D eigenvalue weighted by atomic mass is 16.7. The van der Waals surface area contributed by atoms with Gasteiger partial charge in [0.2, 0.25) is 11.8 Å². The van der Waals surface area contributed by atoms with Crippen molar-refractivity contribution in [2.45, 2.75) is 32.1 Å². The molecule has 1 aliphatic carbocycles. The van der Waals surface area contributed by atoms with Crippen LogP contribution in [0.4, 0.5) is 0 Å². The van der Waals surface area contributed by atoms with Crippen LogP contribution in [0.15, 0.2) is 0 Å². The third kappa shape index (κ3) is 3.70. The maximum atomic E-state index is 11.4. The van der Waals surface area contributed by atoms with Crippen LogP contribution in [0, 0.1) is 5.41 Å². The van der Waals surface area contributed by atoms with Gasteiger partial charge in [0, 0.05) is 6.42 Å². The second kappa shape index (κ2) is 5.62. The van der Waals surface area contributed by atoms with E-state index in [9.17, 15) is 14.4 Å². The van der Waals surface area contributed by atoms with E-state index in [2.05, 4.69) is 4.84 Å². The predicted molar refractivity (Wildman–Crippen MR) is 56.4 cm³/mol. The SMILES string of the molecule is NC(=O)CONC(=O)CC1(C(=O)O)CCCC1. The molecule has 0 saturated heterocycles. The van der Waals surface area contributed by atoms with Gasteiger partial charge in [0.15, 0.2) is 6.61 Å². The number of carbonyl (C=O) groups excluding carboxylic acids is 2. The van der Waals surface area contributed by atoms with Gasteiger partial charge in [-0.05, 0) is 12.8 Å². The van der Waals surface area contributed by atoms with E-state index < -0.39 is 29.8 Å². The lowest BCUT2D eigenvalue weighted by molar-refractivity contribution is -0.154. The summed E-state index contributed by atoms with van der Waals surface area (Å²) in [5, 5.41) is 9.13. The number of nitrogens with one attached hydrogen (secondary N) is 1. The van der Waals surface area contributed by atoms with Crippen LogP contribution in [0.5, 0.6) is 0 Å². The number of amides is 2. The van der Waals surface area contributed by atoms with Gasteiger partial charge in [-0.15, -0.1) is 0 Å². The highest BCUT2D eigenvalue weighted by Crippen LogP contribution is 2.41. The monoisotopic (exact) mass is 244 g/mol. The van der Waals surface area contributed by atoms with Gasteiger partial charge in [-0.3, -0.25) is 19.2 Å². The number of nitrogens with two attached hydrogens (primary N) is 1. The van der Waals surface area contributed by atoms with Gasteiger partial charge < -0.3 is 10.8 Å². The first-order chi connectivity index (χ1) is 7.96. The maximum absolute atomic E-state index is 11.4. The number of carbonyl (C=O) groups is 3. The molecule has 7 nitrogen and oxygen atoms in total. The minimum Gasteiger partial charge on any atom is -0.481 e. The summed E-state index contributed by atoms with van der Waals surface area (Å²) in [5.74, 6) is -2.21. The van der Waals surface area contributed by atoms with Crippen LogP contribution in [-0.2, 0) is 19.2 Å². The summed E-state index contributed by atoms with van der Waals surface area (Å²) in [6.45, 7) is -0.425. The molecular formula is C10H16N2O5. The van der Waals surface area contributed by atoms with E-state index >= 15 is 0 Å². The second-order valence-corrected chi connectivity index (χ2v) is 4.25. The van der Waals surface area contributed by atoms with Crippen LogP contribution in [0.2, 0.25) is 0 Å².